The minimum absolute atomic E-state index is 0.388. The van der Waals surface area contributed by atoms with Crippen molar-refractivity contribution in [3.05, 3.63) is 130 Å². The van der Waals surface area contributed by atoms with Crippen LogP contribution in [0.5, 0.6) is 0 Å². The lowest BCUT2D eigenvalue weighted by molar-refractivity contribution is -0.917. The number of aliphatic imine (C=N–C) groups is 4. The maximum absolute atomic E-state index is 7.81. The second-order valence-corrected chi connectivity index (χ2v) is 19.7. The fourth-order valence-electron chi connectivity index (χ4n) is 9.55. The summed E-state index contributed by atoms with van der Waals surface area (Å²) in [6.45, 7) is 8.69. The normalized spacial score (nSPS) is 20.1. The van der Waals surface area contributed by atoms with Gasteiger partial charge in [0.1, 0.15) is 61.9 Å². The molecule has 2 saturated heterocycles. The van der Waals surface area contributed by atoms with Gasteiger partial charge in [0, 0.05) is 43.8 Å². The molecule has 0 unspecified atom stereocenters. The monoisotopic (exact) mass is 830 g/mol. The second kappa shape index (κ2) is 14.1. The molecule has 0 atom stereocenters. The van der Waals surface area contributed by atoms with Crippen molar-refractivity contribution in [2.75, 3.05) is 93.0 Å². The molecule has 6 bridgehead atoms. The molecule has 8 heterocycles. The van der Waals surface area contributed by atoms with Gasteiger partial charge in [0.2, 0.25) is 0 Å². The third-order valence-electron chi connectivity index (χ3n) is 13.3. The van der Waals surface area contributed by atoms with Crippen LogP contribution in [0.4, 0.5) is 11.6 Å². The van der Waals surface area contributed by atoms with E-state index in [1.54, 1.807) is 0 Å². The molecule has 0 amide bonds. The predicted octanol–water partition coefficient (Wildman–Crippen LogP) is 4.36. The summed E-state index contributed by atoms with van der Waals surface area (Å²) in [6.07, 6.45) is 0. The van der Waals surface area contributed by atoms with E-state index >= 15 is 0 Å². The van der Waals surface area contributed by atoms with Crippen LogP contribution < -0.4 is 11.0 Å². The van der Waals surface area contributed by atoms with E-state index in [1.807, 2.05) is 24.3 Å². The number of likely N-dealkylation sites (N-methyl/N-ethyl adjacent to an activating group) is 2. The third-order valence-corrected chi connectivity index (χ3v) is 16.4. The van der Waals surface area contributed by atoms with Crippen molar-refractivity contribution < 1.29 is 27.3 Å². The van der Waals surface area contributed by atoms with Gasteiger partial charge in [0.15, 0.2) is 23.3 Å². The van der Waals surface area contributed by atoms with E-state index in [4.69, 9.17) is 48.3 Å². The fourth-order valence-corrected chi connectivity index (χ4v) is 12.8. The number of amidine groups is 4. The Bertz CT molecular complexity index is 2870. The van der Waals surface area contributed by atoms with Crippen molar-refractivity contribution in [2.45, 2.75) is 0 Å². The number of ether oxygens (including phenoxy) is 2. The average Bonchev–Trinajstić information content (AvgIpc) is 4.00. The second-order valence-electron chi connectivity index (χ2n) is 17.2. The smallest absolute Gasteiger partial charge is 0.370 e. The number of hydrogen-bond donors (Lipinski definition) is 0. The van der Waals surface area contributed by atoms with Crippen molar-refractivity contribution in [1.82, 2.24) is 8.47 Å². The molecule has 0 radical (unpaired) electrons. The van der Waals surface area contributed by atoms with Gasteiger partial charge in [-0.1, -0.05) is 97.1 Å². The standard InChI is InChI=1S/C46H46N10O4Si/c1-55(19-25-57-26-20-55)23-29-59-61(60-30-24-56(2)21-27-58-28-22-56)53-43-35-15-7-8-16-36(35)45(53)51-41-33-13-5-6-14-34(33)42(48-41)52-46-38-18-10-9-17-37(38)44(54(46)61)50-40-32-12-4-3-11-31(32)39(47-40)49-43/h3-18H,19-30H2,1-2H3/q+2. The summed E-state index contributed by atoms with van der Waals surface area (Å²) < 4.78 is 33.3. The van der Waals surface area contributed by atoms with E-state index in [9.17, 15) is 0 Å². The van der Waals surface area contributed by atoms with Crippen LogP contribution in [0.15, 0.2) is 127 Å². The highest BCUT2D eigenvalue weighted by molar-refractivity contribution is 6.66. The van der Waals surface area contributed by atoms with Gasteiger partial charge in [-0.15, -0.1) is 0 Å². The highest BCUT2D eigenvalue weighted by Crippen LogP contribution is 2.43. The lowest BCUT2D eigenvalue weighted by atomic mass is 10.1. The first-order valence-electron chi connectivity index (χ1n) is 21.3. The first kappa shape index (κ1) is 37.0. The fraction of sp³-hybridized carbons (Fsp3) is 0.304. The maximum atomic E-state index is 7.81. The number of hydrogen-bond acceptors (Lipinski definition) is 10. The number of morpholine rings is 2. The Morgan fingerprint density at radius 2 is 0.836 bits per heavy atom. The van der Waals surface area contributed by atoms with Crippen molar-refractivity contribution in [3.63, 3.8) is 0 Å². The van der Waals surface area contributed by atoms with E-state index < -0.39 is 8.88 Å². The summed E-state index contributed by atoms with van der Waals surface area (Å²) >= 11 is 0. The van der Waals surface area contributed by atoms with Gasteiger partial charge in [0.25, 0.3) is 0 Å². The summed E-state index contributed by atoms with van der Waals surface area (Å²) in [5, 5.41) is 3.62. The Kier molecular flexibility index (Phi) is 8.58. The highest BCUT2D eigenvalue weighted by Gasteiger charge is 2.54. The average molecular weight is 831 g/mol. The van der Waals surface area contributed by atoms with Gasteiger partial charge in [0.05, 0.1) is 53.7 Å². The summed E-state index contributed by atoms with van der Waals surface area (Å²) in [5.74, 6) is 3.61. The molecule has 2 fully saturated rings. The Hall–Kier alpha value is -5.78. The molecule has 0 aliphatic carbocycles. The van der Waals surface area contributed by atoms with Gasteiger partial charge in [-0.3, -0.25) is 8.47 Å². The summed E-state index contributed by atoms with van der Waals surface area (Å²) in [7, 11) is 0.378. The molecule has 6 aromatic rings. The number of benzene rings is 4. The predicted molar refractivity (Wildman–Crippen MR) is 236 cm³/mol. The molecule has 12 rings (SSSR count). The van der Waals surface area contributed by atoms with Gasteiger partial charge < -0.3 is 27.3 Å². The molecule has 6 aliphatic rings. The summed E-state index contributed by atoms with van der Waals surface area (Å²) in [5.41, 5.74) is 4.95. The van der Waals surface area contributed by atoms with Crippen molar-refractivity contribution in [1.29, 1.82) is 0 Å². The molecule has 306 valence electrons. The van der Waals surface area contributed by atoms with Gasteiger partial charge >= 0.3 is 8.88 Å². The third kappa shape index (κ3) is 5.91. The maximum Gasteiger partial charge on any atom is 0.603 e. The van der Waals surface area contributed by atoms with E-state index in [2.05, 4.69) is 95.4 Å². The van der Waals surface area contributed by atoms with Crippen LogP contribution in [0.25, 0.3) is 21.5 Å². The molecule has 14 nitrogen and oxygen atoms in total. The van der Waals surface area contributed by atoms with Crippen LogP contribution in [0.2, 0.25) is 0 Å². The molecule has 61 heavy (non-hydrogen) atoms. The van der Waals surface area contributed by atoms with Crippen LogP contribution in [-0.4, -0.2) is 143 Å². The zero-order valence-electron chi connectivity index (χ0n) is 34.3. The Morgan fingerprint density at radius 1 is 0.475 bits per heavy atom. The van der Waals surface area contributed by atoms with Crippen LogP contribution in [-0.2, 0) is 18.3 Å². The van der Waals surface area contributed by atoms with Crippen LogP contribution in [0.1, 0.15) is 22.3 Å². The topological polar surface area (TPSA) is 121 Å². The zero-order valence-corrected chi connectivity index (χ0v) is 35.3. The first-order chi connectivity index (χ1) is 29.9. The Balaban J connectivity index is 1.24. The molecule has 15 heteroatoms. The Labute approximate surface area is 353 Å². The minimum Gasteiger partial charge on any atom is -0.370 e. The van der Waals surface area contributed by atoms with Gasteiger partial charge in [-0.05, 0) is 0 Å². The lowest BCUT2D eigenvalue weighted by Crippen LogP contribution is -2.66. The molecule has 0 saturated carbocycles. The molecular formula is C46H46N10O4Si+2. The number of quaternary nitrogens is 2. The quantitative estimate of drug-likeness (QED) is 0.167. The SMILES string of the molecule is C[N+]1(CCO[Si]2(OCC[N+]3(C)CCOCC3)n3c4c5ccccc5c3N=C3N=C(N=c5c6ccccc6c(n52)=NC2=NC(=N4)c4ccccc42)c2ccccc23)CCOCC1. The molecule has 0 spiro atoms. The Morgan fingerprint density at radius 3 is 1.25 bits per heavy atom. The number of nitrogens with zero attached hydrogens (tertiary/aromatic N) is 10. The van der Waals surface area contributed by atoms with Crippen molar-refractivity contribution in [3.8, 4) is 0 Å². The molecular weight excluding hydrogens is 785 g/mol. The van der Waals surface area contributed by atoms with Gasteiger partial charge in [-0.2, -0.15) is 0 Å². The summed E-state index contributed by atoms with van der Waals surface area (Å²) in [6, 6.07) is 33.1. The van der Waals surface area contributed by atoms with Crippen molar-refractivity contribution >= 4 is 65.4 Å². The molecule has 0 N–H and O–H groups in total. The molecule has 2 aromatic heterocycles. The van der Waals surface area contributed by atoms with Crippen LogP contribution >= 0.6 is 0 Å². The van der Waals surface area contributed by atoms with E-state index in [0.717, 1.165) is 92.0 Å². The van der Waals surface area contributed by atoms with Crippen LogP contribution in [0.3, 0.4) is 0 Å². The lowest BCUT2D eigenvalue weighted by Gasteiger charge is -2.40. The van der Waals surface area contributed by atoms with Gasteiger partial charge in [-0.25, -0.2) is 30.0 Å². The number of fused-ring (bicyclic) bond motifs is 14. The van der Waals surface area contributed by atoms with Crippen LogP contribution in [0, 0.1) is 0 Å². The molecule has 6 aliphatic heterocycles. The summed E-state index contributed by atoms with van der Waals surface area (Å²) in [4.78, 5) is 32.7. The van der Waals surface area contributed by atoms with E-state index in [0.29, 0.717) is 85.6 Å². The number of aromatic nitrogens is 2. The minimum atomic E-state index is -4.21. The first-order valence-corrected chi connectivity index (χ1v) is 23.0. The highest BCUT2D eigenvalue weighted by atomic mass is 28.4. The zero-order chi connectivity index (χ0) is 40.8. The van der Waals surface area contributed by atoms with E-state index in [-0.39, 0.29) is 0 Å². The van der Waals surface area contributed by atoms with Crippen molar-refractivity contribution in [2.24, 2.45) is 30.0 Å². The van der Waals surface area contributed by atoms with E-state index in [1.165, 1.54) is 0 Å². The largest absolute Gasteiger partial charge is 0.603 e. The number of rotatable bonds is 8. The molecule has 4 aromatic carbocycles.